The topological polar surface area (TPSA) is 75.1 Å². The second-order valence-corrected chi connectivity index (χ2v) is 4.89. The average Bonchev–Trinajstić information content (AvgIpc) is 2.66. The van der Waals surface area contributed by atoms with E-state index in [4.69, 9.17) is 5.11 Å². The van der Waals surface area contributed by atoms with Crippen molar-refractivity contribution in [3.8, 4) is 0 Å². The lowest BCUT2D eigenvalue weighted by Gasteiger charge is -2.22. The van der Waals surface area contributed by atoms with E-state index in [1.807, 2.05) is 0 Å². The summed E-state index contributed by atoms with van der Waals surface area (Å²) in [5.41, 5.74) is -0.920. The van der Waals surface area contributed by atoms with Crippen LogP contribution in [-0.2, 0) is 4.79 Å². The van der Waals surface area contributed by atoms with Gasteiger partial charge in [0.05, 0.1) is 0 Å². The van der Waals surface area contributed by atoms with E-state index in [0.717, 1.165) is 4.34 Å². The van der Waals surface area contributed by atoms with E-state index in [0.29, 0.717) is 5.75 Å². The molecular weight excluding hydrogens is 222 g/mol. The van der Waals surface area contributed by atoms with Crippen molar-refractivity contribution in [3.63, 3.8) is 0 Å². The molecule has 0 amide bonds. The summed E-state index contributed by atoms with van der Waals surface area (Å²) >= 11 is 2.66. The van der Waals surface area contributed by atoms with Crippen LogP contribution in [0.4, 0.5) is 0 Å². The molecule has 5 nitrogen and oxygen atoms in total. The molecule has 0 aliphatic rings. The molecule has 7 heteroatoms. The molecular formula is C7H11N3O2S2. The van der Waals surface area contributed by atoms with E-state index in [1.165, 1.54) is 29.6 Å². The lowest BCUT2D eigenvalue weighted by molar-refractivity contribution is -0.142. The highest BCUT2D eigenvalue weighted by Gasteiger charge is 2.31. The van der Waals surface area contributed by atoms with E-state index >= 15 is 0 Å². The third-order valence-electron chi connectivity index (χ3n) is 1.85. The van der Waals surface area contributed by atoms with Gasteiger partial charge in [0.1, 0.15) is 11.9 Å². The molecule has 78 valence electrons. The number of hydrogen-bond acceptors (Lipinski definition) is 6. The number of carboxylic acids is 1. The van der Waals surface area contributed by atoms with Gasteiger partial charge in [-0.1, -0.05) is 11.8 Å². The average molecular weight is 233 g/mol. The van der Waals surface area contributed by atoms with E-state index in [1.54, 1.807) is 14.0 Å². The normalized spacial score (nSPS) is 15.0. The van der Waals surface area contributed by atoms with Gasteiger partial charge in [0.25, 0.3) is 0 Å². The quantitative estimate of drug-likeness (QED) is 0.729. The molecule has 0 saturated carbocycles. The monoisotopic (exact) mass is 233 g/mol. The molecule has 0 spiro atoms. The maximum absolute atomic E-state index is 10.9. The number of aromatic nitrogens is 2. The van der Waals surface area contributed by atoms with Gasteiger partial charge < -0.3 is 10.4 Å². The Morgan fingerprint density at radius 2 is 2.57 bits per heavy atom. The summed E-state index contributed by atoms with van der Waals surface area (Å²) in [6.07, 6.45) is 1.46. The molecule has 0 aliphatic heterocycles. The summed E-state index contributed by atoms with van der Waals surface area (Å²) in [5, 5.41) is 11.7. The van der Waals surface area contributed by atoms with Crippen LogP contribution < -0.4 is 5.32 Å². The summed E-state index contributed by atoms with van der Waals surface area (Å²) in [6, 6.07) is 0. The van der Waals surface area contributed by atoms with E-state index in [-0.39, 0.29) is 0 Å². The Morgan fingerprint density at radius 1 is 1.86 bits per heavy atom. The zero-order chi connectivity index (χ0) is 10.6. The van der Waals surface area contributed by atoms with Crippen molar-refractivity contribution >= 4 is 29.3 Å². The summed E-state index contributed by atoms with van der Waals surface area (Å²) in [7, 11) is 1.63. The first-order valence-electron chi connectivity index (χ1n) is 3.90. The molecule has 0 radical (unpaired) electrons. The first kappa shape index (κ1) is 11.4. The molecule has 1 rings (SSSR count). The molecule has 1 aromatic rings. The van der Waals surface area contributed by atoms with Gasteiger partial charge >= 0.3 is 5.97 Å². The fourth-order valence-corrected chi connectivity index (χ4v) is 2.27. The Balaban J connectivity index is 2.54. The van der Waals surface area contributed by atoms with E-state index in [9.17, 15) is 4.79 Å². The largest absolute Gasteiger partial charge is 0.480 e. The molecule has 0 fully saturated rings. The third kappa shape index (κ3) is 2.66. The molecule has 14 heavy (non-hydrogen) atoms. The maximum atomic E-state index is 10.9. The number of thioether (sulfide) groups is 1. The Bertz CT molecular complexity index is 304. The summed E-state index contributed by atoms with van der Waals surface area (Å²) in [4.78, 5) is 14.9. The summed E-state index contributed by atoms with van der Waals surface area (Å²) in [5.74, 6) is -0.439. The zero-order valence-electron chi connectivity index (χ0n) is 7.85. The fourth-order valence-electron chi connectivity index (χ4n) is 0.673. The SMILES string of the molecule is CNC(C)(CSc1ncns1)C(=O)O. The molecule has 1 atom stereocenters. The number of likely N-dealkylation sites (N-methyl/N-ethyl adjacent to an activating group) is 1. The fraction of sp³-hybridized carbons (Fsp3) is 0.571. The Morgan fingerprint density at radius 3 is 3.00 bits per heavy atom. The second kappa shape index (κ2) is 4.72. The predicted molar refractivity (Wildman–Crippen MR) is 55.7 cm³/mol. The number of hydrogen-bond donors (Lipinski definition) is 2. The minimum absolute atomic E-state index is 0.425. The van der Waals surface area contributed by atoms with Crippen LogP contribution in [0.2, 0.25) is 0 Å². The Hall–Kier alpha value is -0.660. The smallest absolute Gasteiger partial charge is 0.324 e. The van der Waals surface area contributed by atoms with Crippen molar-refractivity contribution in [1.29, 1.82) is 0 Å². The first-order valence-corrected chi connectivity index (χ1v) is 5.66. The van der Waals surface area contributed by atoms with Crippen molar-refractivity contribution in [2.24, 2.45) is 0 Å². The number of nitrogens with one attached hydrogen (secondary N) is 1. The van der Waals surface area contributed by atoms with Crippen LogP contribution in [0.5, 0.6) is 0 Å². The molecule has 0 aromatic carbocycles. The van der Waals surface area contributed by atoms with Crippen LogP contribution >= 0.6 is 23.3 Å². The van der Waals surface area contributed by atoms with Crippen molar-refractivity contribution in [3.05, 3.63) is 6.33 Å². The van der Waals surface area contributed by atoms with E-state index in [2.05, 4.69) is 14.7 Å². The summed E-state index contributed by atoms with van der Waals surface area (Å²) in [6.45, 7) is 1.64. The standard InChI is InChI=1S/C7H11N3O2S2/c1-7(8-2,5(11)12)3-13-6-9-4-10-14-6/h4,8H,3H2,1-2H3,(H,11,12). The lowest BCUT2D eigenvalue weighted by Crippen LogP contribution is -2.49. The molecule has 1 aromatic heterocycles. The number of aliphatic carboxylic acids is 1. The van der Waals surface area contributed by atoms with Crippen molar-refractivity contribution in [1.82, 2.24) is 14.7 Å². The molecule has 1 heterocycles. The number of carboxylic acid groups (broad SMARTS) is 1. The Kier molecular flexibility index (Phi) is 3.85. The molecule has 1 unspecified atom stereocenters. The number of carbonyl (C=O) groups is 1. The molecule has 0 bridgehead atoms. The predicted octanol–water partition coefficient (Wildman–Crippen LogP) is 0.693. The van der Waals surface area contributed by atoms with Crippen molar-refractivity contribution in [2.45, 2.75) is 16.8 Å². The minimum Gasteiger partial charge on any atom is -0.480 e. The highest BCUT2D eigenvalue weighted by Crippen LogP contribution is 2.22. The summed E-state index contributed by atoms with van der Waals surface area (Å²) < 4.78 is 4.62. The van der Waals surface area contributed by atoms with Gasteiger partial charge in [-0.3, -0.25) is 4.79 Å². The maximum Gasteiger partial charge on any atom is 0.324 e. The van der Waals surface area contributed by atoms with Crippen LogP contribution in [0.1, 0.15) is 6.92 Å². The van der Waals surface area contributed by atoms with Gasteiger partial charge in [0.15, 0.2) is 4.34 Å². The highest BCUT2D eigenvalue weighted by atomic mass is 32.2. The molecule has 0 aliphatic carbocycles. The second-order valence-electron chi connectivity index (χ2n) is 2.88. The zero-order valence-corrected chi connectivity index (χ0v) is 9.48. The Labute approximate surface area is 90.1 Å². The number of nitrogens with zero attached hydrogens (tertiary/aromatic N) is 2. The third-order valence-corrected chi connectivity index (χ3v) is 3.96. The van der Waals surface area contributed by atoms with Crippen LogP contribution in [0.3, 0.4) is 0 Å². The van der Waals surface area contributed by atoms with Crippen molar-refractivity contribution < 1.29 is 9.90 Å². The van der Waals surface area contributed by atoms with Gasteiger partial charge in [-0.25, -0.2) is 4.98 Å². The van der Waals surface area contributed by atoms with Gasteiger partial charge in [-0.2, -0.15) is 4.37 Å². The van der Waals surface area contributed by atoms with Crippen LogP contribution in [0.25, 0.3) is 0 Å². The first-order chi connectivity index (χ1) is 6.58. The lowest BCUT2D eigenvalue weighted by atomic mass is 10.1. The molecule has 2 N–H and O–H groups in total. The number of rotatable bonds is 5. The van der Waals surface area contributed by atoms with Crippen LogP contribution in [0, 0.1) is 0 Å². The van der Waals surface area contributed by atoms with Crippen molar-refractivity contribution in [2.75, 3.05) is 12.8 Å². The van der Waals surface area contributed by atoms with Gasteiger partial charge in [-0.15, -0.1) is 0 Å². The van der Waals surface area contributed by atoms with E-state index < -0.39 is 11.5 Å². The van der Waals surface area contributed by atoms with Gasteiger partial charge in [0, 0.05) is 5.75 Å². The van der Waals surface area contributed by atoms with Gasteiger partial charge in [0.2, 0.25) is 0 Å². The highest BCUT2D eigenvalue weighted by molar-refractivity contribution is 8.01. The van der Waals surface area contributed by atoms with Crippen LogP contribution in [-0.4, -0.2) is 38.8 Å². The van der Waals surface area contributed by atoms with Gasteiger partial charge in [-0.05, 0) is 25.5 Å². The van der Waals surface area contributed by atoms with Crippen LogP contribution in [0.15, 0.2) is 10.7 Å². The minimum atomic E-state index is -0.920. The molecule has 0 saturated heterocycles.